The quantitative estimate of drug-likeness (QED) is 0.246. The minimum atomic E-state index is -0.756. The summed E-state index contributed by atoms with van der Waals surface area (Å²) in [6.45, 7) is 3.72. The van der Waals surface area contributed by atoms with Crippen molar-refractivity contribution in [3.63, 3.8) is 0 Å². The Balaban J connectivity index is 1.56. The van der Waals surface area contributed by atoms with E-state index in [0.29, 0.717) is 45.3 Å². The number of aryl methyl sites for hydroxylation is 1. The Morgan fingerprint density at radius 2 is 1.77 bits per heavy atom. The number of anilines is 3. The van der Waals surface area contributed by atoms with Crippen LogP contribution in [-0.2, 0) is 4.79 Å². The highest BCUT2D eigenvalue weighted by molar-refractivity contribution is 9.10. The number of benzene rings is 3. The zero-order valence-electron chi connectivity index (χ0n) is 21.4. The first-order valence-electron chi connectivity index (χ1n) is 12.1. The van der Waals surface area contributed by atoms with Gasteiger partial charge in [0.1, 0.15) is 29.0 Å². The lowest BCUT2D eigenvalue weighted by molar-refractivity contribution is -0.113. The number of hydrogen-bond acceptors (Lipinski definition) is 5. The molecular formula is C29H25BrFN5O3. The van der Waals surface area contributed by atoms with Gasteiger partial charge in [0.25, 0.3) is 11.8 Å². The van der Waals surface area contributed by atoms with Crippen LogP contribution in [0.4, 0.5) is 21.6 Å². The lowest BCUT2D eigenvalue weighted by atomic mass is 9.94. The van der Waals surface area contributed by atoms with E-state index in [1.54, 1.807) is 48.0 Å². The third kappa shape index (κ3) is 5.15. The Morgan fingerprint density at radius 1 is 1.03 bits per heavy atom. The second kappa shape index (κ2) is 10.7. The van der Waals surface area contributed by atoms with E-state index >= 15 is 0 Å². The van der Waals surface area contributed by atoms with Crippen LogP contribution in [0.3, 0.4) is 0 Å². The van der Waals surface area contributed by atoms with Gasteiger partial charge in [0.05, 0.1) is 29.0 Å². The number of nitrogens with one attached hydrogen (secondary N) is 3. The minimum Gasteiger partial charge on any atom is -0.495 e. The van der Waals surface area contributed by atoms with Gasteiger partial charge in [0, 0.05) is 11.4 Å². The SMILES string of the molecule is COc1ccccc1NC(=O)C1=C(C)Nc2c(C(=O)Nc3ccc(C)cc3)cnn2[C@H]1c1ccc(F)c(Br)c1. The van der Waals surface area contributed by atoms with Crippen molar-refractivity contribution < 1.29 is 18.7 Å². The van der Waals surface area contributed by atoms with Gasteiger partial charge < -0.3 is 20.7 Å². The number of halogens is 2. The lowest BCUT2D eigenvalue weighted by Crippen LogP contribution is -2.32. The Kier molecular flexibility index (Phi) is 7.21. The van der Waals surface area contributed by atoms with Gasteiger partial charge in [0.15, 0.2) is 0 Å². The Morgan fingerprint density at radius 3 is 2.49 bits per heavy atom. The van der Waals surface area contributed by atoms with Gasteiger partial charge in [-0.1, -0.05) is 35.9 Å². The second-order valence-electron chi connectivity index (χ2n) is 9.07. The van der Waals surface area contributed by atoms with E-state index < -0.39 is 17.8 Å². The summed E-state index contributed by atoms with van der Waals surface area (Å²) in [7, 11) is 1.52. The van der Waals surface area contributed by atoms with Crippen LogP contribution in [0.5, 0.6) is 5.75 Å². The number of nitrogens with zero attached hydrogens (tertiary/aromatic N) is 2. The molecule has 8 nitrogen and oxygen atoms in total. The van der Waals surface area contributed by atoms with Crippen molar-refractivity contribution in [2.75, 3.05) is 23.1 Å². The van der Waals surface area contributed by atoms with Gasteiger partial charge in [-0.3, -0.25) is 9.59 Å². The summed E-state index contributed by atoms with van der Waals surface area (Å²) in [5.41, 5.74) is 3.98. The number of methoxy groups -OCH3 is 1. The summed E-state index contributed by atoms with van der Waals surface area (Å²) in [5.74, 6) is -0.282. The van der Waals surface area contributed by atoms with E-state index in [4.69, 9.17) is 4.74 Å². The van der Waals surface area contributed by atoms with Crippen LogP contribution in [0.15, 0.2) is 88.7 Å². The summed E-state index contributed by atoms with van der Waals surface area (Å²) >= 11 is 3.25. The summed E-state index contributed by atoms with van der Waals surface area (Å²) in [5, 5.41) is 13.5. The summed E-state index contributed by atoms with van der Waals surface area (Å²) in [6.07, 6.45) is 1.45. The highest BCUT2D eigenvalue weighted by Gasteiger charge is 2.36. The molecule has 0 spiro atoms. The molecule has 0 bridgehead atoms. The van der Waals surface area contributed by atoms with E-state index in [-0.39, 0.29) is 10.4 Å². The first-order valence-corrected chi connectivity index (χ1v) is 12.9. The van der Waals surface area contributed by atoms with E-state index in [1.165, 1.54) is 19.4 Å². The molecule has 1 atom stereocenters. The van der Waals surface area contributed by atoms with Crippen LogP contribution in [0.1, 0.15) is 34.5 Å². The number of ether oxygens (including phenoxy) is 1. The topological polar surface area (TPSA) is 97.3 Å². The minimum absolute atomic E-state index is 0.242. The van der Waals surface area contributed by atoms with E-state index in [1.807, 2.05) is 31.2 Å². The van der Waals surface area contributed by atoms with Gasteiger partial charge >= 0.3 is 0 Å². The molecular weight excluding hydrogens is 565 g/mol. The van der Waals surface area contributed by atoms with Crippen LogP contribution in [-0.4, -0.2) is 28.7 Å². The van der Waals surface area contributed by atoms with Crippen LogP contribution < -0.4 is 20.7 Å². The van der Waals surface area contributed by atoms with Gasteiger partial charge in [-0.25, -0.2) is 9.07 Å². The average molecular weight is 590 g/mol. The standard InChI is InChI=1S/C29H25BrFN5O3/c1-16-8-11-19(12-9-16)34-28(37)20-15-32-36-26(18-10-13-22(31)21(30)14-18)25(17(2)33-27(20)36)29(38)35-23-6-4-5-7-24(23)39-3/h4-15,26,33H,1-3H3,(H,34,37)(H,35,38)/t26-/m0/s1. The van der Waals surface area contributed by atoms with Crippen LogP contribution in [0, 0.1) is 12.7 Å². The summed E-state index contributed by atoms with van der Waals surface area (Å²) in [6, 6.07) is 18.3. The van der Waals surface area contributed by atoms with Crippen LogP contribution >= 0.6 is 15.9 Å². The number of allylic oxidation sites excluding steroid dienone is 1. The number of hydrogen-bond donors (Lipinski definition) is 3. The molecule has 2 amide bonds. The fourth-order valence-electron chi connectivity index (χ4n) is 4.48. The molecule has 5 rings (SSSR count). The van der Waals surface area contributed by atoms with E-state index in [2.05, 4.69) is 37.0 Å². The molecule has 0 aliphatic carbocycles. The molecule has 2 heterocycles. The largest absolute Gasteiger partial charge is 0.495 e. The summed E-state index contributed by atoms with van der Waals surface area (Å²) in [4.78, 5) is 27.0. The number of aromatic nitrogens is 2. The lowest BCUT2D eigenvalue weighted by Gasteiger charge is -2.30. The molecule has 1 aliphatic rings. The predicted octanol–water partition coefficient (Wildman–Crippen LogP) is 6.28. The zero-order chi connectivity index (χ0) is 27.7. The van der Waals surface area contributed by atoms with Gasteiger partial charge in [0.2, 0.25) is 0 Å². The van der Waals surface area contributed by atoms with Crippen molar-refractivity contribution in [3.8, 4) is 5.75 Å². The summed E-state index contributed by atoms with van der Waals surface area (Å²) < 4.78 is 21.4. The van der Waals surface area contributed by atoms with Gasteiger partial charge in [-0.15, -0.1) is 0 Å². The molecule has 10 heteroatoms. The molecule has 39 heavy (non-hydrogen) atoms. The van der Waals surface area contributed by atoms with Crippen molar-refractivity contribution in [2.45, 2.75) is 19.9 Å². The van der Waals surface area contributed by atoms with E-state index in [0.717, 1.165) is 5.56 Å². The zero-order valence-corrected chi connectivity index (χ0v) is 23.0. The Bertz CT molecular complexity index is 1610. The van der Waals surface area contributed by atoms with Gasteiger partial charge in [-0.05, 0) is 71.7 Å². The number of amides is 2. The smallest absolute Gasteiger partial charge is 0.261 e. The molecule has 4 aromatic rings. The van der Waals surface area contributed by atoms with Crippen molar-refractivity contribution in [3.05, 3.63) is 111 Å². The van der Waals surface area contributed by atoms with Gasteiger partial charge in [-0.2, -0.15) is 5.10 Å². The maximum absolute atomic E-state index is 14.2. The Hall–Kier alpha value is -4.44. The van der Waals surface area contributed by atoms with Crippen molar-refractivity contribution in [1.82, 2.24) is 9.78 Å². The molecule has 0 saturated carbocycles. The predicted molar refractivity (Wildman–Crippen MR) is 152 cm³/mol. The molecule has 3 aromatic carbocycles. The number of carbonyl (C=O) groups excluding carboxylic acids is 2. The number of fused-ring (bicyclic) bond motifs is 1. The third-order valence-corrected chi connectivity index (χ3v) is 7.04. The fraction of sp³-hybridized carbons (Fsp3) is 0.138. The molecule has 0 fully saturated rings. The normalized spacial score (nSPS) is 14.3. The second-order valence-corrected chi connectivity index (χ2v) is 9.92. The van der Waals surface area contributed by atoms with Crippen LogP contribution in [0.2, 0.25) is 0 Å². The molecule has 1 aliphatic heterocycles. The monoisotopic (exact) mass is 589 g/mol. The third-order valence-electron chi connectivity index (χ3n) is 6.44. The Labute approximate surface area is 233 Å². The number of carbonyl (C=O) groups is 2. The van der Waals surface area contributed by atoms with Crippen LogP contribution in [0.25, 0.3) is 0 Å². The molecule has 0 unspecified atom stereocenters. The molecule has 0 saturated heterocycles. The first-order chi connectivity index (χ1) is 18.8. The number of para-hydroxylation sites is 2. The van der Waals surface area contributed by atoms with Crippen molar-refractivity contribution in [2.24, 2.45) is 0 Å². The first kappa shape index (κ1) is 26.2. The fourth-order valence-corrected chi connectivity index (χ4v) is 4.88. The molecule has 198 valence electrons. The highest BCUT2D eigenvalue weighted by atomic mass is 79.9. The van der Waals surface area contributed by atoms with Crippen molar-refractivity contribution >= 4 is 44.9 Å². The average Bonchev–Trinajstić information content (AvgIpc) is 3.34. The highest BCUT2D eigenvalue weighted by Crippen LogP contribution is 2.39. The maximum atomic E-state index is 14.2. The van der Waals surface area contributed by atoms with E-state index in [9.17, 15) is 14.0 Å². The molecule has 0 radical (unpaired) electrons. The maximum Gasteiger partial charge on any atom is 0.261 e. The molecule has 3 N–H and O–H groups in total. The number of rotatable bonds is 6. The van der Waals surface area contributed by atoms with Crippen molar-refractivity contribution in [1.29, 1.82) is 0 Å². The molecule has 1 aromatic heterocycles.